The fourth-order valence-electron chi connectivity index (χ4n) is 1.85. The van der Waals surface area contributed by atoms with Crippen LogP contribution in [0.3, 0.4) is 0 Å². The molecule has 1 aromatic carbocycles. The van der Waals surface area contributed by atoms with Gasteiger partial charge < -0.3 is 15.8 Å². The minimum Gasteiger partial charge on any atom is -0.375 e. The number of nitrogens with one attached hydrogen (secondary N) is 1. The first kappa shape index (κ1) is 10.1. The summed E-state index contributed by atoms with van der Waals surface area (Å²) in [7, 11) is 0. The number of carbonyl (C=O) groups excluding carboxylic acids is 1. The van der Waals surface area contributed by atoms with Crippen molar-refractivity contribution < 1.29 is 9.53 Å². The number of benzene rings is 1. The monoisotopic (exact) mass is 206 g/mol. The van der Waals surface area contributed by atoms with E-state index in [4.69, 9.17) is 10.5 Å². The summed E-state index contributed by atoms with van der Waals surface area (Å²) in [5, 5.41) is 2.79. The lowest BCUT2D eigenvalue weighted by molar-refractivity contribution is -0.114. The third-order valence-corrected chi connectivity index (χ3v) is 2.43. The number of amides is 1. The number of hydrogen-bond donors (Lipinski definition) is 2. The van der Waals surface area contributed by atoms with Gasteiger partial charge in [-0.25, -0.2) is 0 Å². The van der Waals surface area contributed by atoms with E-state index in [-0.39, 0.29) is 11.9 Å². The van der Waals surface area contributed by atoms with E-state index in [1.165, 1.54) is 6.92 Å². The molecule has 3 N–H and O–H groups in total. The normalized spacial score (nSPS) is 19.5. The Labute approximate surface area is 88.4 Å². The van der Waals surface area contributed by atoms with Crippen LogP contribution in [0.15, 0.2) is 18.2 Å². The average Bonchev–Trinajstić information content (AvgIpc) is 2.17. The van der Waals surface area contributed by atoms with Gasteiger partial charge in [0, 0.05) is 18.2 Å². The maximum atomic E-state index is 11.0. The van der Waals surface area contributed by atoms with Gasteiger partial charge in [-0.15, -0.1) is 0 Å². The highest BCUT2D eigenvalue weighted by Gasteiger charge is 2.20. The van der Waals surface area contributed by atoms with Crippen molar-refractivity contribution in [3.63, 3.8) is 0 Å². The standard InChI is InChI=1S/C11H14N2O2/c1-7(14)13-10-4-2-3-8-5-15-6-9(12)11(8)10/h2-4,9H,5-6,12H2,1H3,(H,13,14)/t9-/m0/s1. The van der Waals surface area contributed by atoms with Crippen molar-refractivity contribution >= 4 is 11.6 Å². The van der Waals surface area contributed by atoms with Gasteiger partial charge in [-0.2, -0.15) is 0 Å². The number of ether oxygens (including phenoxy) is 1. The SMILES string of the molecule is CC(=O)Nc1cccc2c1[C@@H](N)COC2. The molecule has 0 saturated carbocycles. The Bertz CT molecular complexity index is 390. The van der Waals surface area contributed by atoms with Gasteiger partial charge in [0.2, 0.25) is 5.91 Å². The second-order valence-electron chi connectivity index (χ2n) is 3.68. The van der Waals surface area contributed by atoms with Crippen molar-refractivity contribution in [2.24, 2.45) is 5.73 Å². The zero-order valence-corrected chi connectivity index (χ0v) is 8.62. The molecular formula is C11H14N2O2. The van der Waals surface area contributed by atoms with Crippen LogP contribution >= 0.6 is 0 Å². The summed E-state index contributed by atoms with van der Waals surface area (Å²) in [6.07, 6.45) is 0. The lowest BCUT2D eigenvalue weighted by Gasteiger charge is -2.25. The molecule has 0 spiro atoms. The number of nitrogens with two attached hydrogens (primary N) is 1. The summed E-state index contributed by atoms with van der Waals surface area (Å²) in [5.41, 5.74) is 8.80. The van der Waals surface area contributed by atoms with Crippen LogP contribution in [0.5, 0.6) is 0 Å². The highest BCUT2D eigenvalue weighted by atomic mass is 16.5. The van der Waals surface area contributed by atoms with E-state index in [0.29, 0.717) is 13.2 Å². The predicted molar refractivity (Wildman–Crippen MR) is 57.3 cm³/mol. The zero-order chi connectivity index (χ0) is 10.8. The van der Waals surface area contributed by atoms with Crippen LogP contribution in [0.25, 0.3) is 0 Å². The number of rotatable bonds is 1. The van der Waals surface area contributed by atoms with Crippen molar-refractivity contribution in [3.8, 4) is 0 Å². The van der Waals surface area contributed by atoms with Gasteiger partial charge in [-0.3, -0.25) is 4.79 Å². The van der Waals surface area contributed by atoms with E-state index in [1.54, 1.807) is 0 Å². The number of anilines is 1. The maximum absolute atomic E-state index is 11.0. The van der Waals surface area contributed by atoms with Crippen LogP contribution in [-0.2, 0) is 16.1 Å². The van der Waals surface area contributed by atoms with Crippen LogP contribution in [0, 0.1) is 0 Å². The first-order valence-corrected chi connectivity index (χ1v) is 4.91. The van der Waals surface area contributed by atoms with Crippen molar-refractivity contribution in [3.05, 3.63) is 29.3 Å². The molecule has 2 rings (SSSR count). The van der Waals surface area contributed by atoms with Crippen molar-refractivity contribution in [2.45, 2.75) is 19.6 Å². The Hall–Kier alpha value is -1.39. The van der Waals surface area contributed by atoms with Gasteiger partial charge in [0.15, 0.2) is 0 Å². The molecule has 1 aromatic rings. The Morgan fingerprint density at radius 2 is 2.40 bits per heavy atom. The summed E-state index contributed by atoms with van der Waals surface area (Å²) in [6, 6.07) is 5.58. The molecule has 0 saturated heterocycles. The number of fused-ring (bicyclic) bond motifs is 1. The Kier molecular flexibility index (Phi) is 2.70. The van der Waals surface area contributed by atoms with Gasteiger partial charge in [-0.1, -0.05) is 12.1 Å². The molecule has 1 amide bonds. The Morgan fingerprint density at radius 3 is 3.13 bits per heavy atom. The molecule has 0 radical (unpaired) electrons. The van der Waals surface area contributed by atoms with Gasteiger partial charge in [-0.05, 0) is 11.6 Å². The topological polar surface area (TPSA) is 64.4 Å². The van der Waals surface area contributed by atoms with E-state index >= 15 is 0 Å². The molecule has 4 nitrogen and oxygen atoms in total. The predicted octanol–water partition coefficient (Wildman–Crippen LogP) is 1.17. The molecule has 0 bridgehead atoms. The molecule has 1 atom stereocenters. The molecular weight excluding hydrogens is 192 g/mol. The molecule has 1 aliphatic heterocycles. The second kappa shape index (κ2) is 4.00. The largest absolute Gasteiger partial charge is 0.375 e. The summed E-state index contributed by atoms with van der Waals surface area (Å²) in [6.45, 7) is 2.56. The molecule has 1 heterocycles. The smallest absolute Gasteiger partial charge is 0.221 e. The minimum absolute atomic E-state index is 0.0814. The maximum Gasteiger partial charge on any atom is 0.221 e. The Balaban J connectivity index is 2.42. The zero-order valence-electron chi connectivity index (χ0n) is 8.62. The first-order valence-electron chi connectivity index (χ1n) is 4.91. The average molecular weight is 206 g/mol. The molecule has 1 aliphatic rings. The Morgan fingerprint density at radius 1 is 1.60 bits per heavy atom. The van der Waals surface area contributed by atoms with E-state index in [9.17, 15) is 4.79 Å². The minimum atomic E-state index is -0.156. The molecule has 0 aliphatic carbocycles. The van der Waals surface area contributed by atoms with Crippen LogP contribution in [0.1, 0.15) is 24.1 Å². The highest BCUT2D eigenvalue weighted by Crippen LogP contribution is 2.29. The van der Waals surface area contributed by atoms with E-state index in [2.05, 4.69) is 5.32 Å². The third-order valence-electron chi connectivity index (χ3n) is 2.43. The first-order chi connectivity index (χ1) is 7.18. The molecule has 0 aromatic heterocycles. The molecule has 80 valence electrons. The van der Waals surface area contributed by atoms with Gasteiger partial charge in [0.1, 0.15) is 0 Å². The summed E-state index contributed by atoms with van der Waals surface area (Å²) >= 11 is 0. The van der Waals surface area contributed by atoms with Crippen molar-refractivity contribution in [1.82, 2.24) is 0 Å². The second-order valence-corrected chi connectivity index (χ2v) is 3.68. The fraction of sp³-hybridized carbons (Fsp3) is 0.364. The molecule has 4 heteroatoms. The van der Waals surface area contributed by atoms with E-state index < -0.39 is 0 Å². The van der Waals surface area contributed by atoms with Crippen LogP contribution in [-0.4, -0.2) is 12.5 Å². The van der Waals surface area contributed by atoms with Gasteiger partial charge in [0.05, 0.1) is 19.3 Å². The molecule has 0 unspecified atom stereocenters. The van der Waals surface area contributed by atoms with Crippen LogP contribution in [0.2, 0.25) is 0 Å². The highest BCUT2D eigenvalue weighted by molar-refractivity contribution is 5.89. The van der Waals surface area contributed by atoms with E-state index in [1.807, 2.05) is 18.2 Å². The summed E-state index contributed by atoms with van der Waals surface area (Å²) < 4.78 is 5.33. The van der Waals surface area contributed by atoms with Gasteiger partial charge >= 0.3 is 0 Å². The van der Waals surface area contributed by atoms with E-state index in [0.717, 1.165) is 16.8 Å². The van der Waals surface area contributed by atoms with Crippen LogP contribution < -0.4 is 11.1 Å². The fourth-order valence-corrected chi connectivity index (χ4v) is 1.85. The lowest BCUT2D eigenvalue weighted by atomic mass is 9.97. The quantitative estimate of drug-likeness (QED) is 0.725. The number of carbonyl (C=O) groups is 1. The lowest BCUT2D eigenvalue weighted by Crippen LogP contribution is -2.25. The molecule has 0 fully saturated rings. The van der Waals surface area contributed by atoms with Crippen molar-refractivity contribution in [1.29, 1.82) is 0 Å². The number of hydrogen-bond acceptors (Lipinski definition) is 3. The molecule has 15 heavy (non-hydrogen) atoms. The van der Waals surface area contributed by atoms with Gasteiger partial charge in [0.25, 0.3) is 0 Å². The van der Waals surface area contributed by atoms with Crippen molar-refractivity contribution in [2.75, 3.05) is 11.9 Å². The third kappa shape index (κ3) is 2.00. The summed E-state index contributed by atoms with van der Waals surface area (Å²) in [4.78, 5) is 11.0. The summed E-state index contributed by atoms with van der Waals surface area (Å²) in [5.74, 6) is -0.0814. The van der Waals surface area contributed by atoms with Crippen LogP contribution in [0.4, 0.5) is 5.69 Å².